The number of benzene rings is 1. The van der Waals surface area contributed by atoms with Crippen LogP contribution in [0.2, 0.25) is 0 Å². The number of rotatable bonds is 2. The number of halogens is 3. The standard InChI is InChI=1S/C11H14BrFN2O2S.ClH/c1-7-5-15(6-10(7)14)18(16,17)11-3-2-8(12)4-9(11)13;/h2-4,7,10H,5-6,14H2,1H3;1H. The van der Waals surface area contributed by atoms with E-state index in [2.05, 4.69) is 15.9 Å². The molecular weight excluding hydrogens is 359 g/mol. The number of hydrogen-bond acceptors (Lipinski definition) is 3. The van der Waals surface area contributed by atoms with E-state index in [4.69, 9.17) is 5.73 Å². The van der Waals surface area contributed by atoms with Gasteiger partial charge in [0.1, 0.15) is 10.7 Å². The molecule has 0 bridgehead atoms. The Hall–Kier alpha value is -0.210. The molecule has 1 saturated heterocycles. The van der Waals surface area contributed by atoms with Crippen molar-refractivity contribution in [2.24, 2.45) is 11.7 Å². The van der Waals surface area contributed by atoms with Gasteiger partial charge in [-0.05, 0) is 24.1 Å². The highest BCUT2D eigenvalue weighted by Crippen LogP contribution is 2.26. The molecule has 2 N–H and O–H groups in total. The molecule has 0 aliphatic carbocycles. The average Bonchev–Trinajstić information content (AvgIpc) is 2.59. The Kier molecular flexibility index (Phi) is 5.36. The Balaban J connectivity index is 0.00000180. The van der Waals surface area contributed by atoms with E-state index in [1.54, 1.807) is 0 Å². The van der Waals surface area contributed by atoms with Crippen molar-refractivity contribution in [2.75, 3.05) is 13.1 Å². The summed E-state index contributed by atoms with van der Waals surface area (Å²) < 4.78 is 40.0. The predicted octanol–water partition coefficient (Wildman–Crippen LogP) is 1.98. The summed E-state index contributed by atoms with van der Waals surface area (Å²) in [5.41, 5.74) is 5.80. The third kappa shape index (κ3) is 3.28. The van der Waals surface area contributed by atoms with E-state index in [1.165, 1.54) is 16.4 Å². The lowest BCUT2D eigenvalue weighted by Gasteiger charge is -2.16. The van der Waals surface area contributed by atoms with Crippen molar-refractivity contribution < 1.29 is 12.8 Å². The van der Waals surface area contributed by atoms with Crippen LogP contribution in [0.5, 0.6) is 0 Å². The van der Waals surface area contributed by atoms with Crippen molar-refractivity contribution >= 4 is 38.4 Å². The Bertz CT molecular complexity index is 560. The monoisotopic (exact) mass is 372 g/mol. The second-order valence-corrected chi connectivity index (χ2v) is 7.36. The molecule has 1 aliphatic rings. The number of hydrogen-bond donors (Lipinski definition) is 1. The van der Waals surface area contributed by atoms with Crippen LogP contribution in [0.3, 0.4) is 0 Å². The fraction of sp³-hybridized carbons (Fsp3) is 0.455. The third-order valence-electron chi connectivity index (χ3n) is 3.15. The van der Waals surface area contributed by atoms with Crippen molar-refractivity contribution in [1.82, 2.24) is 4.31 Å². The summed E-state index contributed by atoms with van der Waals surface area (Å²) >= 11 is 3.10. The molecule has 0 amide bonds. The van der Waals surface area contributed by atoms with E-state index in [0.717, 1.165) is 6.07 Å². The van der Waals surface area contributed by atoms with Crippen molar-refractivity contribution in [3.05, 3.63) is 28.5 Å². The van der Waals surface area contributed by atoms with Crippen LogP contribution >= 0.6 is 28.3 Å². The van der Waals surface area contributed by atoms with Crippen LogP contribution in [0.15, 0.2) is 27.6 Å². The lowest BCUT2D eigenvalue weighted by atomic mass is 10.1. The minimum absolute atomic E-state index is 0. The van der Waals surface area contributed by atoms with E-state index in [0.29, 0.717) is 11.0 Å². The molecule has 1 heterocycles. The fourth-order valence-electron chi connectivity index (χ4n) is 1.97. The van der Waals surface area contributed by atoms with E-state index in [-0.39, 0.29) is 35.8 Å². The smallest absolute Gasteiger partial charge is 0.246 e. The molecule has 2 unspecified atom stereocenters. The lowest BCUT2D eigenvalue weighted by molar-refractivity contribution is 0.457. The number of sulfonamides is 1. The van der Waals surface area contributed by atoms with E-state index >= 15 is 0 Å². The molecule has 19 heavy (non-hydrogen) atoms. The molecule has 0 spiro atoms. The summed E-state index contributed by atoms with van der Waals surface area (Å²) in [6, 6.07) is 3.73. The zero-order chi connectivity index (χ0) is 13.5. The van der Waals surface area contributed by atoms with Crippen LogP contribution in [-0.2, 0) is 10.0 Å². The summed E-state index contributed by atoms with van der Waals surface area (Å²) in [5, 5.41) is 0. The van der Waals surface area contributed by atoms with Crippen molar-refractivity contribution in [2.45, 2.75) is 17.9 Å². The topological polar surface area (TPSA) is 63.4 Å². The van der Waals surface area contributed by atoms with Gasteiger partial charge in [0, 0.05) is 23.6 Å². The first-order valence-electron chi connectivity index (χ1n) is 5.53. The largest absolute Gasteiger partial charge is 0.326 e. The van der Waals surface area contributed by atoms with Crippen LogP contribution in [0.4, 0.5) is 4.39 Å². The summed E-state index contributed by atoms with van der Waals surface area (Å²) in [7, 11) is -3.79. The molecule has 1 aromatic rings. The molecule has 8 heteroatoms. The van der Waals surface area contributed by atoms with Gasteiger partial charge in [-0.1, -0.05) is 22.9 Å². The number of nitrogens with zero attached hydrogens (tertiary/aromatic N) is 1. The first-order chi connectivity index (χ1) is 8.32. The van der Waals surface area contributed by atoms with Crippen LogP contribution in [0.1, 0.15) is 6.92 Å². The normalized spacial score (nSPS) is 24.2. The van der Waals surface area contributed by atoms with Gasteiger partial charge in [-0.15, -0.1) is 12.4 Å². The molecule has 2 rings (SSSR count). The molecule has 0 aromatic heterocycles. The molecule has 1 aliphatic heterocycles. The molecule has 0 saturated carbocycles. The average molecular weight is 374 g/mol. The molecule has 1 aromatic carbocycles. The summed E-state index contributed by atoms with van der Waals surface area (Å²) in [5.74, 6) is -0.671. The fourth-order valence-corrected chi connectivity index (χ4v) is 3.92. The first kappa shape index (κ1) is 16.8. The van der Waals surface area contributed by atoms with Crippen LogP contribution < -0.4 is 5.73 Å². The Morgan fingerprint density at radius 3 is 2.53 bits per heavy atom. The minimum Gasteiger partial charge on any atom is -0.326 e. The van der Waals surface area contributed by atoms with E-state index in [9.17, 15) is 12.8 Å². The zero-order valence-electron chi connectivity index (χ0n) is 10.2. The number of nitrogens with two attached hydrogens (primary N) is 1. The van der Waals surface area contributed by atoms with Gasteiger partial charge >= 0.3 is 0 Å². The summed E-state index contributed by atoms with van der Waals surface area (Å²) in [6.45, 7) is 2.45. The highest BCUT2D eigenvalue weighted by atomic mass is 79.9. The SMILES string of the molecule is CC1CN(S(=O)(=O)c2ccc(Br)cc2F)CC1N.Cl. The predicted molar refractivity (Wildman–Crippen MR) is 77.2 cm³/mol. The van der Waals surface area contributed by atoms with Gasteiger partial charge in [-0.2, -0.15) is 4.31 Å². The second kappa shape index (κ2) is 6.05. The van der Waals surface area contributed by atoms with Gasteiger partial charge in [0.15, 0.2) is 0 Å². The van der Waals surface area contributed by atoms with Gasteiger partial charge in [0.25, 0.3) is 0 Å². The second-order valence-electron chi connectivity index (χ2n) is 4.54. The quantitative estimate of drug-likeness (QED) is 0.862. The van der Waals surface area contributed by atoms with Crippen molar-refractivity contribution in [3.63, 3.8) is 0 Å². The Morgan fingerprint density at radius 1 is 1.42 bits per heavy atom. The van der Waals surface area contributed by atoms with Gasteiger partial charge in [-0.3, -0.25) is 0 Å². The lowest BCUT2D eigenvalue weighted by Crippen LogP contribution is -2.32. The molecule has 2 atom stereocenters. The van der Waals surface area contributed by atoms with Crippen molar-refractivity contribution in [3.8, 4) is 0 Å². The van der Waals surface area contributed by atoms with Crippen LogP contribution in [-0.4, -0.2) is 31.9 Å². The van der Waals surface area contributed by atoms with Gasteiger partial charge < -0.3 is 5.73 Å². The maximum Gasteiger partial charge on any atom is 0.246 e. The van der Waals surface area contributed by atoms with Crippen molar-refractivity contribution in [1.29, 1.82) is 0 Å². The van der Waals surface area contributed by atoms with Crippen LogP contribution in [0.25, 0.3) is 0 Å². The Morgan fingerprint density at radius 2 is 2.05 bits per heavy atom. The third-order valence-corrected chi connectivity index (χ3v) is 5.51. The highest BCUT2D eigenvalue weighted by Gasteiger charge is 2.36. The molecular formula is C11H15BrClFN2O2S. The van der Waals surface area contributed by atoms with Crippen LogP contribution in [0, 0.1) is 11.7 Å². The maximum atomic E-state index is 13.7. The minimum atomic E-state index is -3.79. The van der Waals surface area contributed by atoms with Gasteiger partial charge in [-0.25, -0.2) is 12.8 Å². The summed E-state index contributed by atoms with van der Waals surface area (Å²) in [6.07, 6.45) is 0. The first-order valence-corrected chi connectivity index (χ1v) is 7.76. The molecule has 4 nitrogen and oxygen atoms in total. The molecule has 1 fully saturated rings. The molecule has 108 valence electrons. The highest BCUT2D eigenvalue weighted by molar-refractivity contribution is 9.10. The Labute approximate surface area is 126 Å². The summed E-state index contributed by atoms with van der Waals surface area (Å²) in [4.78, 5) is -0.299. The van der Waals surface area contributed by atoms with Gasteiger partial charge in [0.05, 0.1) is 0 Å². The van der Waals surface area contributed by atoms with E-state index in [1.807, 2.05) is 6.92 Å². The van der Waals surface area contributed by atoms with Gasteiger partial charge in [0.2, 0.25) is 10.0 Å². The zero-order valence-corrected chi connectivity index (χ0v) is 13.4. The van der Waals surface area contributed by atoms with E-state index < -0.39 is 15.8 Å². The maximum absolute atomic E-state index is 13.7. The molecule has 0 radical (unpaired) electrons.